The van der Waals surface area contributed by atoms with Gasteiger partial charge in [-0.15, -0.1) is 11.8 Å². The van der Waals surface area contributed by atoms with Gasteiger partial charge in [0, 0.05) is 16.3 Å². The first kappa shape index (κ1) is 11.0. The minimum atomic E-state index is 0.599. The molecule has 0 unspecified atom stereocenters. The first-order valence-corrected chi connectivity index (χ1v) is 6.22. The highest BCUT2D eigenvalue weighted by atomic mass is 32.2. The highest BCUT2D eigenvalue weighted by Gasteiger charge is 1.97. The van der Waals surface area contributed by atoms with Crippen molar-refractivity contribution in [1.82, 2.24) is 4.98 Å². The summed E-state index contributed by atoms with van der Waals surface area (Å²) in [7, 11) is 0. The second kappa shape index (κ2) is 5.56. The lowest BCUT2D eigenvalue weighted by molar-refractivity contribution is 1.05. The number of benzene rings is 1. The molecule has 82 valence electrons. The first-order valence-electron chi connectivity index (χ1n) is 5.24. The zero-order chi connectivity index (χ0) is 11.2. The number of rotatable bonds is 4. The lowest BCUT2D eigenvalue weighted by Crippen LogP contribution is -1.96. The SMILES string of the molecule is Nc1cccc(CCSc2ccccc2)n1. The lowest BCUT2D eigenvalue weighted by atomic mass is 10.3. The maximum atomic E-state index is 5.62. The number of hydrogen-bond acceptors (Lipinski definition) is 3. The molecule has 0 aliphatic heterocycles. The van der Waals surface area contributed by atoms with E-state index in [-0.39, 0.29) is 0 Å². The van der Waals surface area contributed by atoms with Gasteiger partial charge in [0.05, 0.1) is 0 Å². The van der Waals surface area contributed by atoms with Crippen LogP contribution in [-0.4, -0.2) is 10.7 Å². The van der Waals surface area contributed by atoms with Gasteiger partial charge >= 0.3 is 0 Å². The third kappa shape index (κ3) is 3.28. The number of nitrogen functional groups attached to an aromatic ring is 1. The van der Waals surface area contributed by atoms with E-state index < -0.39 is 0 Å². The van der Waals surface area contributed by atoms with E-state index in [2.05, 4.69) is 29.2 Å². The van der Waals surface area contributed by atoms with Crippen molar-refractivity contribution in [2.45, 2.75) is 11.3 Å². The summed E-state index contributed by atoms with van der Waals surface area (Å²) in [6.07, 6.45) is 0.949. The van der Waals surface area contributed by atoms with Crippen LogP contribution in [0.15, 0.2) is 53.4 Å². The van der Waals surface area contributed by atoms with Crippen molar-refractivity contribution in [2.24, 2.45) is 0 Å². The maximum absolute atomic E-state index is 5.62. The van der Waals surface area contributed by atoms with Crippen LogP contribution in [0, 0.1) is 0 Å². The predicted octanol–water partition coefficient (Wildman–Crippen LogP) is 3.00. The summed E-state index contributed by atoms with van der Waals surface area (Å²) in [5.41, 5.74) is 6.68. The van der Waals surface area contributed by atoms with Crippen molar-refractivity contribution in [3.8, 4) is 0 Å². The van der Waals surface area contributed by atoms with Crippen molar-refractivity contribution in [3.05, 3.63) is 54.2 Å². The third-order valence-electron chi connectivity index (χ3n) is 2.20. The van der Waals surface area contributed by atoms with E-state index >= 15 is 0 Å². The topological polar surface area (TPSA) is 38.9 Å². The van der Waals surface area contributed by atoms with E-state index in [1.165, 1.54) is 4.90 Å². The number of anilines is 1. The minimum Gasteiger partial charge on any atom is -0.384 e. The summed E-state index contributed by atoms with van der Waals surface area (Å²) in [4.78, 5) is 5.57. The largest absolute Gasteiger partial charge is 0.384 e. The molecule has 0 radical (unpaired) electrons. The summed E-state index contributed by atoms with van der Waals surface area (Å²) in [5.74, 6) is 1.63. The van der Waals surface area contributed by atoms with Gasteiger partial charge in [-0.2, -0.15) is 0 Å². The van der Waals surface area contributed by atoms with Gasteiger partial charge in [-0.05, 0) is 30.7 Å². The van der Waals surface area contributed by atoms with Crippen LogP contribution in [0.1, 0.15) is 5.69 Å². The van der Waals surface area contributed by atoms with Crippen LogP contribution in [0.3, 0.4) is 0 Å². The Hall–Kier alpha value is -1.48. The summed E-state index contributed by atoms with van der Waals surface area (Å²) in [6, 6.07) is 16.2. The van der Waals surface area contributed by atoms with Gasteiger partial charge in [0.2, 0.25) is 0 Å². The van der Waals surface area contributed by atoms with Crippen molar-refractivity contribution in [2.75, 3.05) is 11.5 Å². The molecule has 1 aromatic heterocycles. The van der Waals surface area contributed by atoms with Crippen molar-refractivity contribution in [1.29, 1.82) is 0 Å². The molecule has 1 aromatic carbocycles. The Morgan fingerprint density at radius 2 is 1.81 bits per heavy atom. The maximum Gasteiger partial charge on any atom is 0.123 e. The van der Waals surface area contributed by atoms with E-state index in [1.54, 1.807) is 0 Å². The molecule has 0 saturated heterocycles. The van der Waals surface area contributed by atoms with Gasteiger partial charge in [-0.1, -0.05) is 24.3 Å². The third-order valence-corrected chi connectivity index (χ3v) is 3.21. The summed E-state index contributed by atoms with van der Waals surface area (Å²) < 4.78 is 0. The number of nitrogens with zero attached hydrogens (tertiary/aromatic N) is 1. The Kier molecular flexibility index (Phi) is 3.83. The minimum absolute atomic E-state index is 0.599. The number of nitrogens with two attached hydrogens (primary N) is 1. The van der Waals surface area contributed by atoms with Gasteiger partial charge in [0.15, 0.2) is 0 Å². The molecule has 0 spiro atoms. The normalized spacial score (nSPS) is 10.2. The monoisotopic (exact) mass is 230 g/mol. The number of aromatic nitrogens is 1. The van der Waals surface area contributed by atoms with E-state index in [1.807, 2.05) is 36.0 Å². The second-order valence-electron chi connectivity index (χ2n) is 3.47. The molecule has 0 bridgehead atoms. The summed E-state index contributed by atoms with van der Waals surface area (Å²) >= 11 is 1.84. The molecule has 1 heterocycles. The Balaban J connectivity index is 1.85. The fourth-order valence-electron chi connectivity index (χ4n) is 1.43. The second-order valence-corrected chi connectivity index (χ2v) is 4.63. The van der Waals surface area contributed by atoms with Crippen LogP contribution in [0.5, 0.6) is 0 Å². The average Bonchev–Trinajstić information content (AvgIpc) is 2.30. The van der Waals surface area contributed by atoms with E-state index in [4.69, 9.17) is 5.73 Å². The molecule has 0 fully saturated rings. The molecule has 0 aliphatic carbocycles. The van der Waals surface area contributed by atoms with Gasteiger partial charge in [0.25, 0.3) is 0 Å². The fourth-order valence-corrected chi connectivity index (χ4v) is 2.32. The number of thioether (sulfide) groups is 1. The molecule has 3 heteroatoms. The molecule has 0 saturated carbocycles. The zero-order valence-corrected chi connectivity index (χ0v) is 9.78. The molecule has 16 heavy (non-hydrogen) atoms. The molecular weight excluding hydrogens is 216 g/mol. The fraction of sp³-hybridized carbons (Fsp3) is 0.154. The molecular formula is C13H14N2S. The molecule has 0 aliphatic rings. The molecule has 2 N–H and O–H groups in total. The Bertz CT molecular complexity index is 443. The Morgan fingerprint density at radius 3 is 2.56 bits per heavy atom. The first-order chi connectivity index (χ1) is 7.84. The predicted molar refractivity (Wildman–Crippen MR) is 69.5 cm³/mol. The quantitative estimate of drug-likeness (QED) is 0.821. The number of aryl methyl sites for hydroxylation is 1. The average molecular weight is 230 g/mol. The van der Waals surface area contributed by atoms with Crippen LogP contribution in [0.25, 0.3) is 0 Å². The number of pyridine rings is 1. The standard InChI is InChI=1S/C13H14N2S/c14-13-8-4-5-11(15-13)9-10-16-12-6-2-1-3-7-12/h1-8H,9-10H2,(H2,14,15). The van der Waals surface area contributed by atoms with Crippen LogP contribution in [0.4, 0.5) is 5.82 Å². The summed E-state index contributed by atoms with van der Waals surface area (Å²) in [5, 5.41) is 0. The molecule has 2 rings (SSSR count). The number of hydrogen-bond donors (Lipinski definition) is 1. The van der Waals surface area contributed by atoms with Crippen molar-refractivity contribution < 1.29 is 0 Å². The summed E-state index contributed by atoms with van der Waals surface area (Å²) in [6.45, 7) is 0. The Labute approximate surface area is 99.9 Å². The zero-order valence-electron chi connectivity index (χ0n) is 8.97. The Morgan fingerprint density at radius 1 is 1.00 bits per heavy atom. The van der Waals surface area contributed by atoms with Crippen LogP contribution >= 0.6 is 11.8 Å². The van der Waals surface area contributed by atoms with Crippen LogP contribution < -0.4 is 5.73 Å². The highest BCUT2D eigenvalue weighted by molar-refractivity contribution is 7.99. The lowest BCUT2D eigenvalue weighted by Gasteiger charge is -2.02. The van der Waals surface area contributed by atoms with E-state index in [0.29, 0.717) is 5.82 Å². The van der Waals surface area contributed by atoms with Gasteiger partial charge in [-0.3, -0.25) is 0 Å². The van der Waals surface area contributed by atoms with E-state index in [0.717, 1.165) is 17.9 Å². The van der Waals surface area contributed by atoms with Gasteiger partial charge in [-0.25, -0.2) is 4.98 Å². The highest BCUT2D eigenvalue weighted by Crippen LogP contribution is 2.18. The van der Waals surface area contributed by atoms with E-state index in [9.17, 15) is 0 Å². The molecule has 0 amide bonds. The van der Waals surface area contributed by atoms with Crippen molar-refractivity contribution in [3.63, 3.8) is 0 Å². The smallest absolute Gasteiger partial charge is 0.123 e. The molecule has 2 nitrogen and oxygen atoms in total. The van der Waals surface area contributed by atoms with Gasteiger partial charge < -0.3 is 5.73 Å². The van der Waals surface area contributed by atoms with Crippen molar-refractivity contribution >= 4 is 17.6 Å². The van der Waals surface area contributed by atoms with Crippen LogP contribution in [0.2, 0.25) is 0 Å². The van der Waals surface area contributed by atoms with Gasteiger partial charge in [0.1, 0.15) is 5.82 Å². The molecule has 0 atom stereocenters. The van der Waals surface area contributed by atoms with Crippen LogP contribution in [-0.2, 0) is 6.42 Å². The molecule has 2 aromatic rings.